The van der Waals surface area contributed by atoms with E-state index in [4.69, 9.17) is 16.7 Å². The van der Waals surface area contributed by atoms with E-state index in [9.17, 15) is 9.59 Å². The molecule has 0 saturated heterocycles. The lowest BCUT2D eigenvalue weighted by molar-refractivity contribution is -0.136. The van der Waals surface area contributed by atoms with Gasteiger partial charge in [-0.3, -0.25) is 9.59 Å². The van der Waals surface area contributed by atoms with Gasteiger partial charge in [0.15, 0.2) is 0 Å². The summed E-state index contributed by atoms with van der Waals surface area (Å²) in [5, 5.41) is 9.39. The van der Waals surface area contributed by atoms with Crippen molar-refractivity contribution in [1.29, 1.82) is 0 Å². The fourth-order valence-corrected chi connectivity index (χ4v) is 1.95. The molecule has 1 N–H and O–H groups in total. The molecule has 4 nitrogen and oxygen atoms in total. The largest absolute Gasteiger partial charge is 0.480 e. The van der Waals surface area contributed by atoms with Crippen molar-refractivity contribution in [3.8, 4) is 0 Å². The van der Waals surface area contributed by atoms with Crippen LogP contribution in [0, 0.1) is 0 Å². The number of carboxylic acids is 1. The second kappa shape index (κ2) is 7.79. The van der Waals surface area contributed by atoms with Gasteiger partial charge in [-0.05, 0) is 24.6 Å². The number of carbonyl (C=O) groups excluding carboxylic acids is 1. The Kier molecular flexibility index (Phi) is 6.36. The van der Waals surface area contributed by atoms with Gasteiger partial charge in [0, 0.05) is 17.1 Å². The smallest absolute Gasteiger partial charge is 0.323 e. The molecule has 104 valence electrons. The molecule has 0 aromatic heterocycles. The van der Waals surface area contributed by atoms with Crippen LogP contribution in [0.1, 0.15) is 32.6 Å². The first-order valence-electron chi connectivity index (χ1n) is 6.32. The van der Waals surface area contributed by atoms with Crippen molar-refractivity contribution in [3.63, 3.8) is 0 Å². The highest BCUT2D eigenvalue weighted by atomic mass is 35.5. The molecule has 0 fully saturated rings. The Bertz CT molecular complexity index is 448. The molecular weight excluding hydrogens is 266 g/mol. The van der Waals surface area contributed by atoms with Crippen LogP contribution in [0.2, 0.25) is 5.02 Å². The molecule has 1 aromatic carbocycles. The SMILES string of the molecule is CCCCCC(=O)N(CC(=O)O)c1cccc(Cl)c1. The number of aliphatic carboxylic acids is 1. The first kappa shape index (κ1) is 15.5. The Hall–Kier alpha value is -1.55. The maximum Gasteiger partial charge on any atom is 0.323 e. The number of hydrogen-bond acceptors (Lipinski definition) is 2. The van der Waals surface area contributed by atoms with Crippen LogP contribution < -0.4 is 4.90 Å². The summed E-state index contributed by atoms with van der Waals surface area (Å²) in [7, 11) is 0. The summed E-state index contributed by atoms with van der Waals surface area (Å²) in [6.07, 6.45) is 3.10. The van der Waals surface area contributed by atoms with Crippen LogP contribution in [0.15, 0.2) is 24.3 Å². The first-order chi connectivity index (χ1) is 9.04. The molecule has 1 amide bonds. The minimum absolute atomic E-state index is 0.182. The van der Waals surface area contributed by atoms with Crippen LogP contribution in [0.3, 0.4) is 0 Å². The van der Waals surface area contributed by atoms with Crippen LogP contribution in [-0.2, 0) is 9.59 Å². The van der Waals surface area contributed by atoms with E-state index >= 15 is 0 Å². The fraction of sp³-hybridized carbons (Fsp3) is 0.429. The Balaban J connectivity index is 2.82. The highest BCUT2D eigenvalue weighted by Gasteiger charge is 2.18. The van der Waals surface area contributed by atoms with Gasteiger partial charge in [-0.15, -0.1) is 0 Å². The highest BCUT2D eigenvalue weighted by Crippen LogP contribution is 2.20. The van der Waals surface area contributed by atoms with Gasteiger partial charge in [-0.25, -0.2) is 0 Å². The van der Waals surface area contributed by atoms with Crippen LogP contribution in [0.4, 0.5) is 5.69 Å². The van der Waals surface area contributed by atoms with Gasteiger partial charge in [-0.1, -0.05) is 37.4 Å². The van der Waals surface area contributed by atoms with E-state index in [-0.39, 0.29) is 12.5 Å². The van der Waals surface area contributed by atoms with Gasteiger partial charge in [0.1, 0.15) is 6.54 Å². The van der Waals surface area contributed by atoms with Crippen LogP contribution in [0.25, 0.3) is 0 Å². The number of carboxylic acid groups (broad SMARTS) is 1. The zero-order valence-electron chi connectivity index (χ0n) is 10.9. The quantitative estimate of drug-likeness (QED) is 0.781. The van der Waals surface area contributed by atoms with Crippen molar-refractivity contribution >= 4 is 29.2 Å². The van der Waals surface area contributed by atoms with E-state index in [0.717, 1.165) is 19.3 Å². The fourth-order valence-electron chi connectivity index (χ4n) is 1.76. The van der Waals surface area contributed by atoms with E-state index in [0.29, 0.717) is 17.1 Å². The minimum atomic E-state index is -1.04. The number of unbranched alkanes of at least 4 members (excludes halogenated alkanes) is 2. The molecule has 0 unspecified atom stereocenters. The summed E-state index contributed by atoms with van der Waals surface area (Å²) < 4.78 is 0. The number of carbonyl (C=O) groups is 2. The van der Waals surface area contributed by atoms with E-state index in [2.05, 4.69) is 6.92 Å². The predicted molar refractivity (Wildman–Crippen MR) is 75.6 cm³/mol. The van der Waals surface area contributed by atoms with Crippen LogP contribution in [0.5, 0.6) is 0 Å². The van der Waals surface area contributed by atoms with Crippen molar-refractivity contribution < 1.29 is 14.7 Å². The van der Waals surface area contributed by atoms with Crippen LogP contribution in [-0.4, -0.2) is 23.5 Å². The summed E-state index contributed by atoms with van der Waals surface area (Å²) in [5.74, 6) is -1.22. The minimum Gasteiger partial charge on any atom is -0.480 e. The van der Waals surface area contributed by atoms with Gasteiger partial charge >= 0.3 is 5.97 Å². The molecular formula is C14H18ClNO3. The lowest BCUT2D eigenvalue weighted by Gasteiger charge is -2.21. The Labute approximate surface area is 118 Å². The molecule has 1 rings (SSSR count). The average Bonchev–Trinajstić information content (AvgIpc) is 2.36. The van der Waals surface area contributed by atoms with Crippen molar-refractivity contribution in [2.24, 2.45) is 0 Å². The summed E-state index contributed by atoms with van der Waals surface area (Å²) >= 11 is 5.87. The highest BCUT2D eigenvalue weighted by molar-refractivity contribution is 6.30. The monoisotopic (exact) mass is 283 g/mol. The first-order valence-corrected chi connectivity index (χ1v) is 6.70. The number of rotatable bonds is 7. The van der Waals surface area contributed by atoms with Crippen molar-refractivity contribution in [1.82, 2.24) is 0 Å². The molecule has 0 bridgehead atoms. The Morgan fingerprint density at radius 1 is 1.32 bits per heavy atom. The third kappa shape index (κ3) is 5.30. The normalized spacial score (nSPS) is 10.2. The molecule has 0 atom stereocenters. The zero-order valence-corrected chi connectivity index (χ0v) is 11.7. The van der Waals surface area contributed by atoms with E-state index < -0.39 is 5.97 Å². The molecule has 0 radical (unpaired) electrons. The summed E-state index contributed by atoms with van der Waals surface area (Å²) in [6.45, 7) is 1.71. The number of halogens is 1. The van der Waals surface area contributed by atoms with Gasteiger partial charge < -0.3 is 10.0 Å². The molecule has 1 aromatic rings. The molecule has 0 heterocycles. The van der Waals surface area contributed by atoms with Crippen LogP contribution >= 0.6 is 11.6 Å². The lowest BCUT2D eigenvalue weighted by atomic mass is 10.2. The standard InChI is InChI=1S/C14H18ClNO3/c1-2-3-4-8-13(17)16(10-14(18)19)12-7-5-6-11(15)9-12/h5-7,9H,2-4,8,10H2,1H3,(H,18,19). The van der Waals surface area contributed by atoms with Gasteiger partial charge in [0.05, 0.1) is 0 Å². The molecule has 0 aliphatic carbocycles. The third-order valence-electron chi connectivity index (χ3n) is 2.71. The lowest BCUT2D eigenvalue weighted by Crippen LogP contribution is -2.35. The zero-order chi connectivity index (χ0) is 14.3. The number of amides is 1. The van der Waals surface area contributed by atoms with Crippen molar-refractivity contribution in [2.45, 2.75) is 32.6 Å². The number of hydrogen-bond donors (Lipinski definition) is 1. The number of benzene rings is 1. The number of nitrogens with zero attached hydrogens (tertiary/aromatic N) is 1. The van der Waals surface area contributed by atoms with Gasteiger partial charge in [-0.2, -0.15) is 0 Å². The molecule has 0 saturated carbocycles. The van der Waals surface area contributed by atoms with Crippen molar-refractivity contribution in [2.75, 3.05) is 11.4 Å². The maximum absolute atomic E-state index is 12.1. The number of anilines is 1. The van der Waals surface area contributed by atoms with E-state index in [1.807, 2.05) is 0 Å². The maximum atomic E-state index is 12.1. The molecule has 0 aliphatic rings. The van der Waals surface area contributed by atoms with Gasteiger partial charge in [0.2, 0.25) is 5.91 Å². The summed E-state index contributed by atoms with van der Waals surface area (Å²) in [6, 6.07) is 6.67. The Morgan fingerprint density at radius 3 is 2.63 bits per heavy atom. The molecule has 0 spiro atoms. The summed E-state index contributed by atoms with van der Waals surface area (Å²) in [4.78, 5) is 24.2. The molecule has 5 heteroatoms. The summed E-state index contributed by atoms with van der Waals surface area (Å²) in [5.41, 5.74) is 0.524. The Morgan fingerprint density at radius 2 is 2.05 bits per heavy atom. The second-order valence-electron chi connectivity index (χ2n) is 4.31. The van der Waals surface area contributed by atoms with Crippen molar-refractivity contribution in [3.05, 3.63) is 29.3 Å². The second-order valence-corrected chi connectivity index (χ2v) is 4.75. The van der Waals surface area contributed by atoms with Gasteiger partial charge in [0.25, 0.3) is 0 Å². The topological polar surface area (TPSA) is 57.6 Å². The third-order valence-corrected chi connectivity index (χ3v) is 2.94. The predicted octanol–water partition coefficient (Wildman–Crippen LogP) is 3.34. The van der Waals surface area contributed by atoms with E-state index in [1.165, 1.54) is 4.90 Å². The average molecular weight is 284 g/mol. The van der Waals surface area contributed by atoms with E-state index in [1.54, 1.807) is 24.3 Å². The molecule has 19 heavy (non-hydrogen) atoms. The molecule has 0 aliphatic heterocycles.